The van der Waals surface area contributed by atoms with Gasteiger partial charge in [-0.3, -0.25) is 0 Å². The molecule has 0 aromatic heterocycles. The first-order valence-corrected chi connectivity index (χ1v) is 4.30. The van der Waals surface area contributed by atoms with E-state index in [1.807, 2.05) is 0 Å². The first-order chi connectivity index (χ1) is 5.41. The van der Waals surface area contributed by atoms with Gasteiger partial charge >= 0.3 is 0 Å². The lowest BCUT2D eigenvalue weighted by atomic mass is 10.2. The van der Waals surface area contributed by atoms with Crippen LogP contribution in [0.4, 0.5) is 0 Å². The van der Waals surface area contributed by atoms with E-state index in [0.717, 1.165) is 32.3 Å². The van der Waals surface area contributed by atoms with Gasteiger partial charge < -0.3 is 15.6 Å². The van der Waals surface area contributed by atoms with Crippen LogP contribution in [0.5, 0.6) is 0 Å². The summed E-state index contributed by atoms with van der Waals surface area (Å²) in [5.74, 6) is 0. The Kier molecular flexibility index (Phi) is 9.77. The minimum Gasteiger partial charge on any atom is -0.396 e. The Balaban J connectivity index is 2.69. The van der Waals surface area contributed by atoms with E-state index < -0.39 is 0 Å². The molecule has 0 atom stereocenters. The number of aliphatic hydroxyl groups is 1. The highest BCUT2D eigenvalue weighted by Gasteiger charge is 1.88. The van der Waals surface area contributed by atoms with E-state index in [1.165, 1.54) is 0 Å². The zero-order valence-corrected chi connectivity index (χ0v) is 7.09. The molecule has 0 aliphatic rings. The van der Waals surface area contributed by atoms with Crippen molar-refractivity contribution in [2.24, 2.45) is 5.73 Å². The lowest BCUT2D eigenvalue weighted by molar-refractivity contribution is 0.136. The van der Waals surface area contributed by atoms with E-state index in [9.17, 15) is 0 Å². The molecule has 0 fully saturated rings. The van der Waals surface area contributed by atoms with Gasteiger partial charge in [-0.2, -0.15) is 0 Å². The third kappa shape index (κ3) is 9.88. The Labute approximate surface area is 68.5 Å². The largest absolute Gasteiger partial charge is 0.396 e. The molecule has 3 heteroatoms. The quantitative estimate of drug-likeness (QED) is 0.510. The molecule has 0 aliphatic heterocycles. The summed E-state index contributed by atoms with van der Waals surface area (Å²) in [6.07, 6.45) is 4.24. The molecule has 0 rings (SSSR count). The molecular weight excluding hydrogens is 142 g/mol. The summed E-state index contributed by atoms with van der Waals surface area (Å²) >= 11 is 0. The maximum absolute atomic E-state index is 8.46. The molecule has 0 saturated carbocycles. The van der Waals surface area contributed by atoms with Gasteiger partial charge in [-0.25, -0.2) is 0 Å². The third-order valence-corrected chi connectivity index (χ3v) is 1.46. The highest BCUT2D eigenvalue weighted by Crippen LogP contribution is 1.98. The molecule has 0 spiro atoms. The fraction of sp³-hybridized carbons (Fsp3) is 1.00. The van der Waals surface area contributed by atoms with Crippen LogP contribution in [0.1, 0.15) is 25.7 Å². The van der Waals surface area contributed by atoms with Crippen molar-refractivity contribution in [3.63, 3.8) is 0 Å². The second-order valence-corrected chi connectivity index (χ2v) is 2.54. The number of ether oxygens (including phenoxy) is 1. The molecule has 0 radical (unpaired) electrons. The third-order valence-electron chi connectivity index (χ3n) is 1.46. The molecule has 0 amide bonds. The smallest absolute Gasteiger partial charge is 0.0588 e. The van der Waals surface area contributed by atoms with Gasteiger partial charge in [-0.15, -0.1) is 0 Å². The maximum atomic E-state index is 8.46. The minimum absolute atomic E-state index is 0.309. The van der Waals surface area contributed by atoms with Crippen LogP contribution in [0.2, 0.25) is 0 Å². The van der Waals surface area contributed by atoms with Crippen LogP contribution in [0.3, 0.4) is 0 Å². The van der Waals surface area contributed by atoms with E-state index in [4.69, 9.17) is 15.6 Å². The van der Waals surface area contributed by atoms with Crippen molar-refractivity contribution >= 4 is 0 Å². The van der Waals surface area contributed by atoms with Crippen molar-refractivity contribution in [3.05, 3.63) is 0 Å². The lowest BCUT2D eigenvalue weighted by Crippen LogP contribution is -2.08. The van der Waals surface area contributed by atoms with Crippen LogP contribution in [-0.2, 0) is 4.74 Å². The molecule has 3 nitrogen and oxygen atoms in total. The molecule has 68 valence electrons. The van der Waals surface area contributed by atoms with E-state index in [2.05, 4.69) is 0 Å². The Morgan fingerprint density at radius 2 is 1.73 bits per heavy atom. The summed E-state index contributed by atoms with van der Waals surface area (Å²) in [5.41, 5.74) is 5.23. The molecule has 0 unspecified atom stereocenters. The number of hydrogen-bond acceptors (Lipinski definition) is 3. The van der Waals surface area contributed by atoms with Crippen LogP contribution in [0, 0.1) is 0 Å². The molecule has 0 aromatic carbocycles. The van der Waals surface area contributed by atoms with Gasteiger partial charge in [-0.1, -0.05) is 12.8 Å². The average molecular weight is 161 g/mol. The molecule has 0 bridgehead atoms. The Morgan fingerprint density at radius 3 is 2.36 bits per heavy atom. The van der Waals surface area contributed by atoms with Crippen molar-refractivity contribution in [2.45, 2.75) is 25.7 Å². The molecule has 3 N–H and O–H groups in total. The Morgan fingerprint density at radius 1 is 1.00 bits per heavy atom. The van der Waals surface area contributed by atoms with Gasteiger partial charge in [0.05, 0.1) is 6.61 Å². The topological polar surface area (TPSA) is 55.5 Å². The first kappa shape index (κ1) is 10.9. The fourth-order valence-corrected chi connectivity index (χ4v) is 0.855. The summed E-state index contributed by atoms with van der Waals surface area (Å²) in [7, 11) is 0. The summed E-state index contributed by atoms with van der Waals surface area (Å²) in [4.78, 5) is 0. The standard InChI is InChI=1S/C8H19NO2/c9-5-8-11-7-4-2-1-3-6-10/h10H,1-9H2. The highest BCUT2D eigenvalue weighted by atomic mass is 16.5. The van der Waals surface area contributed by atoms with Crippen molar-refractivity contribution in [1.82, 2.24) is 0 Å². The minimum atomic E-state index is 0.309. The second kappa shape index (κ2) is 9.88. The van der Waals surface area contributed by atoms with Crippen LogP contribution in [0.25, 0.3) is 0 Å². The number of hydrogen-bond donors (Lipinski definition) is 2. The Bertz CT molecular complexity index is 61.1. The summed E-state index contributed by atoms with van der Waals surface area (Å²) in [6.45, 7) is 2.39. The van der Waals surface area contributed by atoms with Gasteiger partial charge in [0, 0.05) is 19.8 Å². The van der Waals surface area contributed by atoms with Gasteiger partial charge in [0.25, 0.3) is 0 Å². The van der Waals surface area contributed by atoms with Crippen molar-refractivity contribution < 1.29 is 9.84 Å². The number of aliphatic hydroxyl groups excluding tert-OH is 1. The van der Waals surface area contributed by atoms with Gasteiger partial charge in [-0.05, 0) is 12.8 Å². The van der Waals surface area contributed by atoms with Crippen LogP contribution < -0.4 is 5.73 Å². The number of unbranched alkanes of at least 4 members (excludes halogenated alkanes) is 3. The zero-order valence-electron chi connectivity index (χ0n) is 7.09. The number of nitrogens with two attached hydrogens (primary N) is 1. The fourth-order valence-electron chi connectivity index (χ4n) is 0.855. The molecule has 0 aliphatic carbocycles. The average Bonchev–Trinajstić information content (AvgIpc) is 2.03. The molecule has 0 aromatic rings. The zero-order chi connectivity index (χ0) is 8.36. The molecular formula is C8H19NO2. The van der Waals surface area contributed by atoms with E-state index in [-0.39, 0.29) is 0 Å². The molecule has 11 heavy (non-hydrogen) atoms. The predicted octanol–water partition coefficient (Wildman–Crippen LogP) is 0.514. The normalized spacial score (nSPS) is 10.4. The molecule has 0 saturated heterocycles. The van der Waals surface area contributed by atoms with Crippen molar-refractivity contribution in [2.75, 3.05) is 26.4 Å². The van der Waals surface area contributed by atoms with Crippen molar-refractivity contribution in [1.29, 1.82) is 0 Å². The van der Waals surface area contributed by atoms with E-state index >= 15 is 0 Å². The van der Waals surface area contributed by atoms with Gasteiger partial charge in [0.2, 0.25) is 0 Å². The van der Waals surface area contributed by atoms with E-state index in [0.29, 0.717) is 19.8 Å². The summed E-state index contributed by atoms with van der Waals surface area (Å²) < 4.78 is 5.18. The summed E-state index contributed by atoms with van der Waals surface area (Å²) in [6, 6.07) is 0. The molecule has 0 heterocycles. The van der Waals surface area contributed by atoms with Gasteiger partial charge in [0.1, 0.15) is 0 Å². The van der Waals surface area contributed by atoms with E-state index in [1.54, 1.807) is 0 Å². The van der Waals surface area contributed by atoms with Crippen LogP contribution >= 0.6 is 0 Å². The Hall–Kier alpha value is -0.120. The number of rotatable bonds is 8. The monoisotopic (exact) mass is 161 g/mol. The predicted molar refractivity (Wildman–Crippen MR) is 45.4 cm³/mol. The van der Waals surface area contributed by atoms with Crippen LogP contribution in [0.15, 0.2) is 0 Å². The lowest BCUT2D eigenvalue weighted by Gasteiger charge is -2.01. The van der Waals surface area contributed by atoms with Gasteiger partial charge in [0.15, 0.2) is 0 Å². The summed E-state index contributed by atoms with van der Waals surface area (Å²) in [5, 5.41) is 8.46. The van der Waals surface area contributed by atoms with Crippen molar-refractivity contribution in [3.8, 4) is 0 Å². The SMILES string of the molecule is NCCOCCCCCCO. The van der Waals surface area contributed by atoms with Crippen LogP contribution in [-0.4, -0.2) is 31.5 Å². The second-order valence-electron chi connectivity index (χ2n) is 2.54. The highest BCUT2D eigenvalue weighted by molar-refractivity contribution is 4.41. The first-order valence-electron chi connectivity index (χ1n) is 4.30. The maximum Gasteiger partial charge on any atom is 0.0588 e.